The van der Waals surface area contributed by atoms with Crippen molar-refractivity contribution in [1.29, 1.82) is 0 Å². The van der Waals surface area contributed by atoms with E-state index in [2.05, 4.69) is 5.32 Å². The molecule has 1 N–H and O–H groups in total. The molecule has 1 saturated heterocycles. The molecular formula is C17H19Cl3N2OS. The van der Waals surface area contributed by atoms with Crippen LogP contribution in [-0.4, -0.2) is 37.5 Å². The lowest BCUT2D eigenvalue weighted by Gasteiger charge is -2.15. The second kappa shape index (κ2) is 8.54. The summed E-state index contributed by atoms with van der Waals surface area (Å²) in [5.74, 6) is 0.670. The van der Waals surface area contributed by atoms with Gasteiger partial charge >= 0.3 is 0 Å². The fourth-order valence-corrected chi connectivity index (χ4v) is 4.42. The van der Waals surface area contributed by atoms with Crippen molar-refractivity contribution in [2.75, 3.05) is 26.7 Å². The Kier molecular flexibility index (Phi) is 6.96. The van der Waals surface area contributed by atoms with Crippen molar-refractivity contribution < 1.29 is 4.79 Å². The van der Waals surface area contributed by atoms with Gasteiger partial charge in [-0.1, -0.05) is 23.2 Å². The number of hydrogen-bond acceptors (Lipinski definition) is 3. The molecule has 0 bridgehead atoms. The number of halogens is 3. The fourth-order valence-electron chi connectivity index (χ4n) is 2.93. The van der Waals surface area contributed by atoms with Crippen molar-refractivity contribution in [3.63, 3.8) is 0 Å². The van der Waals surface area contributed by atoms with Gasteiger partial charge in [0.25, 0.3) is 5.91 Å². The van der Waals surface area contributed by atoms with Crippen LogP contribution in [0.5, 0.6) is 0 Å². The third-order valence-corrected chi connectivity index (χ3v) is 5.59. The number of thiophene rings is 1. The molecule has 24 heavy (non-hydrogen) atoms. The first-order chi connectivity index (χ1) is 11.1. The average Bonchev–Trinajstić information content (AvgIpc) is 3.15. The molecule has 1 aliphatic heterocycles. The standard InChI is InChI=1S/C17H18Cl2N2OS.ClH/c1-20-9-11-4-5-21(10-11)17(22)16-3-2-15(23-16)12-6-13(18)8-14(19)7-12;/h2-3,6-8,11,20H,4-5,9-10H2,1H3;1H. The Balaban J connectivity index is 0.00000208. The topological polar surface area (TPSA) is 32.3 Å². The van der Waals surface area contributed by atoms with Gasteiger partial charge in [0.1, 0.15) is 0 Å². The maximum Gasteiger partial charge on any atom is 0.263 e. The Labute approximate surface area is 162 Å². The van der Waals surface area contributed by atoms with E-state index in [0.717, 1.165) is 41.4 Å². The largest absolute Gasteiger partial charge is 0.338 e. The second-order valence-electron chi connectivity index (χ2n) is 5.79. The van der Waals surface area contributed by atoms with Gasteiger partial charge in [0.15, 0.2) is 0 Å². The predicted molar refractivity (Wildman–Crippen MR) is 105 cm³/mol. The number of carbonyl (C=O) groups excluding carboxylic acids is 1. The molecule has 0 aliphatic carbocycles. The Hall–Kier alpha value is -0.780. The van der Waals surface area contributed by atoms with Crippen LogP contribution in [0.25, 0.3) is 10.4 Å². The van der Waals surface area contributed by atoms with Gasteiger partial charge in [0.2, 0.25) is 0 Å². The zero-order valence-corrected chi connectivity index (χ0v) is 16.4. The van der Waals surface area contributed by atoms with Crippen LogP contribution in [0.4, 0.5) is 0 Å². The molecule has 1 aliphatic rings. The number of amides is 1. The molecule has 3 nitrogen and oxygen atoms in total. The van der Waals surface area contributed by atoms with E-state index in [1.807, 2.05) is 36.2 Å². The van der Waals surface area contributed by atoms with Crippen molar-refractivity contribution >= 4 is 52.9 Å². The predicted octanol–water partition coefficient (Wildman–Crippen LogP) is 4.83. The molecule has 0 spiro atoms. The summed E-state index contributed by atoms with van der Waals surface area (Å²) >= 11 is 13.6. The fraction of sp³-hybridized carbons (Fsp3) is 0.353. The summed E-state index contributed by atoms with van der Waals surface area (Å²) < 4.78 is 0. The Bertz CT molecular complexity index is 699. The summed E-state index contributed by atoms with van der Waals surface area (Å²) in [5, 5.41) is 4.39. The summed E-state index contributed by atoms with van der Waals surface area (Å²) in [6.45, 7) is 2.62. The number of nitrogens with zero attached hydrogens (tertiary/aromatic N) is 1. The molecule has 1 amide bonds. The average molecular weight is 406 g/mol. The van der Waals surface area contributed by atoms with E-state index < -0.39 is 0 Å². The smallest absolute Gasteiger partial charge is 0.263 e. The van der Waals surface area contributed by atoms with Gasteiger partial charge < -0.3 is 10.2 Å². The van der Waals surface area contributed by atoms with Gasteiger partial charge in [0, 0.05) is 28.0 Å². The minimum atomic E-state index is 0. The Morgan fingerprint density at radius 3 is 2.67 bits per heavy atom. The maximum absolute atomic E-state index is 12.6. The lowest BCUT2D eigenvalue weighted by molar-refractivity contribution is 0.0792. The van der Waals surface area contributed by atoms with Crippen molar-refractivity contribution in [1.82, 2.24) is 10.2 Å². The molecule has 1 atom stereocenters. The highest BCUT2D eigenvalue weighted by Gasteiger charge is 2.27. The minimum absolute atomic E-state index is 0. The van der Waals surface area contributed by atoms with E-state index in [-0.39, 0.29) is 18.3 Å². The SMILES string of the molecule is CNCC1CCN(C(=O)c2ccc(-c3cc(Cl)cc(Cl)c3)s2)C1.Cl. The van der Waals surface area contributed by atoms with Crippen molar-refractivity contribution in [3.05, 3.63) is 45.3 Å². The molecule has 1 unspecified atom stereocenters. The minimum Gasteiger partial charge on any atom is -0.338 e. The quantitative estimate of drug-likeness (QED) is 0.790. The number of carbonyl (C=O) groups is 1. The van der Waals surface area contributed by atoms with Gasteiger partial charge in [-0.05, 0) is 61.8 Å². The van der Waals surface area contributed by atoms with Gasteiger partial charge in [-0.15, -0.1) is 23.7 Å². The summed E-state index contributed by atoms with van der Waals surface area (Å²) in [6.07, 6.45) is 1.06. The number of likely N-dealkylation sites (tertiary alicyclic amines) is 1. The molecule has 1 aromatic heterocycles. The van der Waals surface area contributed by atoms with Gasteiger partial charge in [-0.2, -0.15) is 0 Å². The highest BCUT2D eigenvalue weighted by Crippen LogP contribution is 2.33. The third kappa shape index (κ3) is 4.44. The molecule has 0 saturated carbocycles. The number of nitrogens with one attached hydrogen (secondary N) is 1. The molecule has 7 heteroatoms. The normalized spacial score (nSPS) is 17.0. The number of benzene rings is 1. The third-order valence-electron chi connectivity index (χ3n) is 4.03. The molecule has 2 heterocycles. The highest BCUT2D eigenvalue weighted by molar-refractivity contribution is 7.17. The summed E-state index contributed by atoms with van der Waals surface area (Å²) in [4.78, 5) is 16.4. The van der Waals surface area contributed by atoms with Gasteiger partial charge in [0.05, 0.1) is 4.88 Å². The molecular weight excluding hydrogens is 387 g/mol. The molecule has 130 valence electrons. The highest BCUT2D eigenvalue weighted by atomic mass is 35.5. The summed E-state index contributed by atoms with van der Waals surface area (Å²) in [5.41, 5.74) is 0.945. The number of hydrogen-bond donors (Lipinski definition) is 1. The second-order valence-corrected chi connectivity index (χ2v) is 7.74. The van der Waals surface area contributed by atoms with Crippen molar-refractivity contribution in [2.24, 2.45) is 5.92 Å². The van der Waals surface area contributed by atoms with Gasteiger partial charge in [-0.3, -0.25) is 4.79 Å². The van der Waals surface area contributed by atoms with E-state index in [1.165, 1.54) is 11.3 Å². The Morgan fingerprint density at radius 1 is 1.29 bits per heavy atom. The molecule has 1 aromatic carbocycles. The van der Waals surface area contributed by atoms with Crippen LogP contribution in [0.2, 0.25) is 10.0 Å². The van der Waals surface area contributed by atoms with Crippen molar-refractivity contribution in [2.45, 2.75) is 6.42 Å². The van der Waals surface area contributed by atoms with E-state index in [4.69, 9.17) is 23.2 Å². The number of rotatable bonds is 4. The van der Waals surface area contributed by atoms with Crippen LogP contribution in [0, 0.1) is 5.92 Å². The summed E-state index contributed by atoms with van der Waals surface area (Å²) in [6, 6.07) is 9.29. The molecule has 3 rings (SSSR count). The van der Waals surface area contributed by atoms with E-state index in [1.54, 1.807) is 6.07 Å². The lowest BCUT2D eigenvalue weighted by Crippen LogP contribution is -2.29. The zero-order chi connectivity index (χ0) is 16.4. The molecule has 0 radical (unpaired) electrons. The van der Waals surface area contributed by atoms with E-state index in [0.29, 0.717) is 16.0 Å². The lowest BCUT2D eigenvalue weighted by atomic mass is 10.1. The first kappa shape index (κ1) is 19.5. The zero-order valence-electron chi connectivity index (χ0n) is 13.2. The van der Waals surface area contributed by atoms with Crippen LogP contribution < -0.4 is 5.32 Å². The van der Waals surface area contributed by atoms with Gasteiger partial charge in [-0.25, -0.2) is 0 Å². The first-order valence-corrected chi connectivity index (χ1v) is 9.14. The van der Waals surface area contributed by atoms with E-state index >= 15 is 0 Å². The maximum atomic E-state index is 12.6. The monoisotopic (exact) mass is 404 g/mol. The summed E-state index contributed by atoms with van der Waals surface area (Å²) in [7, 11) is 1.95. The van der Waals surface area contributed by atoms with Crippen molar-refractivity contribution in [3.8, 4) is 10.4 Å². The Morgan fingerprint density at radius 2 is 2.00 bits per heavy atom. The molecule has 1 fully saturated rings. The van der Waals surface area contributed by atoms with E-state index in [9.17, 15) is 4.79 Å². The van der Waals surface area contributed by atoms with Crippen LogP contribution in [0.3, 0.4) is 0 Å². The van der Waals surface area contributed by atoms with Crippen LogP contribution >= 0.6 is 46.9 Å². The van der Waals surface area contributed by atoms with Crippen LogP contribution in [0.1, 0.15) is 16.1 Å². The first-order valence-electron chi connectivity index (χ1n) is 7.57. The molecule has 2 aromatic rings. The van der Waals surface area contributed by atoms with Crippen LogP contribution in [0.15, 0.2) is 30.3 Å². The van der Waals surface area contributed by atoms with Crippen LogP contribution in [-0.2, 0) is 0 Å².